The minimum absolute atomic E-state index is 0.316. The number of halogens is 4. The van der Waals surface area contributed by atoms with Crippen LogP contribution in [0.3, 0.4) is 0 Å². The number of anilines is 1. The van der Waals surface area contributed by atoms with E-state index in [9.17, 15) is 27.2 Å². The first-order valence-corrected chi connectivity index (χ1v) is 7.05. The van der Waals surface area contributed by atoms with Gasteiger partial charge in [0.25, 0.3) is 0 Å². The van der Waals surface area contributed by atoms with Gasteiger partial charge in [-0.3, -0.25) is 14.3 Å². The molecule has 25 heavy (non-hydrogen) atoms. The van der Waals surface area contributed by atoms with E-state index in [1.807, 2.05) is 0 Å². The Labute approximate surface area is 140 Å². The Hall–Kier alpha value is -2.91. The van der Waals surface area contributed by atoms with Crippen LogP contribution in [-0.4, -0.2) is 40.1 Å². The van der Waals surface area contributed by atoms with E-state index in [1.165, 1.54) is 31.3 Å². The lowest BCUT2D eigenvalue weighted by atomic mass is 10.3. The highest BCUT2D eigenvalue weighted by Gasteiger charge is 2.33. The number of alkyl halides is 3. The zero-order chi connectivity index (χ0) is 18.6. The van der Waals surface area contributed by atoms with E-state index in [1.54, 1.807) is 0 Å². The molecule has 2 aromatic rings. The molecule has 6 nitrogen and oxygen atoms in total. The molecular weight excluding hydrogens is 344 g/mol. The second kappa shape index (κ2) is 7.32. The van der Waals surface area contributed by atoms with E-state index in [2.05, 4.69) is 10.4 Å². The first-order chi connectivity index (χ1) is 11.6. The van der Waals surface area contributed by atoms with Gasteiger partial charge in [-0.05, 0) is 30.3 Å². The minimum Gasteiger partial charge on any atom is -0.335 e. The van der Waals surface area contributed by atoms with Crippen LogP contribution in [0.5, 0.6) is 0 Å². The fraction of sp³-hybridized carbons (Fsp3) is 0.267. The highest BCUT2D eigenvalue weighted by atomic mass is 19.4. The van der Waals surface area contributed by atoms with E-state index in [0.717, 1.165) is 21.8 Å². The predicted octanol–water partition coefficient (Wildman–Crippen LogP) is 2.14. The van der Waals surface area contributed by atoms with E-state index in [4.69, 9.17) is 0 Å². The summed E-state index contributed by atoms with van der Waals surface area (Å²) in [5.41, 5.74) is -0.744. The SMILES string of the molecule is CN(CC(=O)Nc1ccc(F)cc1)C(=O)Cn1ccc(C(F)(F)F)n1. The Morgan fingerprint density at radius 1 is 1.20 bits per heavy atom. The van der Waals surface area contributed by atoms with E-state index in [-0.39, 0.29) is 6.54 Å². The number of nitrogens with one attached hydrogen (secondary N) is 1. The molecule has 0 unspecified atom stereocenters. The van der Waals surface area contributed by atoms with Crippen molar-refractivity contribution >= 4 is 17.5 Å². The van der Waals surface area contributed by atoms with Crippen LogP contribution in [0.25, 0.3) is 0 Å². The Bertz CT molecular complexity index is 756. The lowest BCUT2D eigenvalue weighted by molar-refractivity contribution is -0.142. The third-order valence-corrected chi connectivity index (χ3v) is 3.16. The van der Waals surface area contributed by atoms with Gasteiger partial charge in [0.1, 0.15) is 12.4 Å². The molecule has 1 aromatic heterocycles. The molecule has 0 aliphatic rings. The van der Waals surface area contributed by atoms with Crippen LogP contribution >= 0.6 is 0 Å². The van der Waals surface area contributed by atoms with Crippen molar-refractivity contribution in [2.75, 3.05) is 18.9 Å². The summed E-state index contributed by atoms with van der Waals surface area (Å²) in [6.45, 7) is -0.750. The molecule has 1 N–H and O–H groups in total. The first-order valence-electron chi connectivity index (χ1n) is 7.05. The fourth-order valence-corrected chi connectivity index (χ4v) is 1.90. The summed E-state index contributed by atoms with van der Waals surface area (Å²) in [6.07, 6.45) is -3.55. The fourth-order valence-electron chi connectivity index (χ4n) is 1.90. The number of amides is 2. The molecule has 0 fully saturated rings. The van der Waals surface area contributed by atoms with Crippen molar-refractivity contribution in [1.29, 1.82) is 0 Å². The zero-order valence-electron chi connectivity index (χ0n) is 13.0. The number of likely N-dealkylation sites (N-methyl/N-ethyl adjacent to an activating group) is 1. The summed E-state index contributed by atoms with van der Waals surface area (Å²) in [4.78, 5) is 24.8. The average Bonchev–Trinajstić information content (AvgIpc) is 2.98. The molecule has 2 amide bonds. The first kappa shape index (κ1) is 18.4. The Balaban J connectivity index is 1.88. The molecule has 0 bridgehead atoms. The topological polar surface area (TPSA) is 67.2 Å². The summed E-state index contributed by atoms with van der Waals surface area (Å²) in [5, 5.41) is 5.74. The molecule has 0 spiro atoms. The molecule has 10 heteroatoms. The second-order valence-corrected chi connectivity index (χ2v) is 5.20. The van der Waals surface area contributed by atoms with Gasteiger partial charge in [-0.1, -0.05) is 0 Å². The number of carbonyl (C=O) groups is 2. The normalized spacial score (nSPS) is 11.2. The summed E-state index contributed by atoms with van der Waals surface area (Å²) in [7, 11) is 1.33. The van der Waals surface area contributed by atoms with E-state index < -0.39 is 36.0 Å². The van der Waals surface area contributed by atoms with Crippen molar-refractivity contribution in [2.24, 2.45) is 0 Å². The molecule has 0 saturated carbocycles. The summed E-state index contributed by atoms with van der Waals surface area (Å²) in [5.74, 6) is -1.58. The maximum absolute atomic E-state index is 12.8. The van der Waals surface area contributed by atoms with Gasteiger partial charge in [0.2, 0.25) is 11.8 Å². The van der Waals surface area contributed by atoms with Gasteiger partial charge >= 0.3 is 6.18 Å². The largest absolute Gasteiger partial charge is 0.435 e. The maximum Gasteiger partial charge on any atom is 0.435 e. The third kappa shape index (κ3) is 5.30. The van der Waals surface area contributed by atoms with Crippen molar-refractivity contribution in [3.63, 3.8) is 0 Å². The second-order valence-electron chi connectivity index (χ2n) is 5.20. The highest BCUT2D eigenvalue weighted by molar-refractivity contribution is 5.94. The van der Waals surface area contributed by atoms with Crippen LogP contribution in [0.15, 0.2) is 36.5 Å². The summed E-state index contributed by atoms with van der Waals surface area (Å²) < 4.78 is 51.0. The van der Waals surface area contributed by atoms with Crippen LogP contribution in [0.1, 0.15) is 5.69 Å². The molecule has 0 aliphatic carbocycles. The summed E-state index contributed by atoms with van der Waals surface area (Å²) in [6, 6.07) is 5.81. The predicted molar refractivity (Wildman–Crippen MR) is 79.9 cm³/mol. The van der Waals surface area contributed by atoms with Gasteiger partial charge < -0.3 is 10.2 Å². The monoisotopic (exact) mass is 358 g/mol. The Morgan fingerprint density at radius 2 is 1.84 bits per heavy atom. The molecule has 134 valence electrons. The van der Waals surface area contributed by atoms with Crippen LogP contribution in [0.4, 0.5) is 23.2 Å². The lowest BCUT2D eigenvalue weighted by Gasteiger charge is -2.17. The van der Waals surface area contributed by atoms with Gasteiger partial charge in [0, 0.05) is 18.9 Å². The van der Waals surface area contributed by atoms with Crippen molar-refractivity contribution in [3.05, 3.63) is 48.0 Å². The molecule has 0 aliphatic heterocycles. The molecule has 1 heterocycles. The van der Waals surface area contributed by atoms with Gasteiger partial charge in [-0.2, -0.15) is 18.3 Å². The van der Waals surface area contributed by atoms with Crippen LogP contribution in [0.2, 0.25) is 0 Å². The van der Waals surface area contributed by atoms with Crippen molar-refractivity contribution in [3.8, 4) is 0 Å². The van der Waals surface area contributed by atoms with Crippen LogP contribution in [0, 0.1) is 5.82 Å². The number of nitrogens with zero attached hydrogens (tertiary/aromatic N) is 3. The number of aromatic nitrogens is 2. The number of benzene rings is 1. The molecule has 0 atom stereocenters. The molecule has 2 rings (SSSR count). The summed E-state index contributed by atoms with van der Waals surface area (Å²) >= 11 is 0. The Morgan fingerprint density at radius 3 is 2.40 bits per heavy atom. The minimum atomic E-state index is -4.59. The van der Waals surface area contributed by atoms with Crippen LogP contribution in [-0.2, 0) is 22.3 Å². The van der Waals surface area contributed by atoms with E-state index >= 15 is 0 Å². The lowest BCUT2D eigenvalue weighted by Crippen LogP contribution is -2.37. The number of rotatable bonds is 5. The number of carbonyl (C=O) groups excluding carboxylic acids is 2. The molecule has 0 saturated heterocycles. The average molecular weight is 358 g/mol. The highest BCUT2D eigenvalue weighted by Crippen LogP contribution is 2.27. The molecule has 1 aromatic carbocycles. The van der Waals surface area contributed by atoms with Gasteiger partial charge in [-0.15, -0.1) is 0 Å². The number of hydrogen-bond donors (Lipinski definition) is 1. The Kier molecular flexibility index (Phi) is 5.40. The smallest absolute Gasteiger partial charge is 0.335 e. The standard InChI is InChI=1S/C15H14F4N4O2/c1-22(8-13(24)20-11-4-2-10(16)3-5-11)14(25)9-23-7-6-12(21-23)15(17,18)19/h2-7H,8-9H2,1H3,(H,20,24). The van der Waals surface area contributed by atoms with Crippen molar-refractivity contribution in [1.82, 2.24) is 14.7 Å². The quantitative estimate of drug-likeness (QED) is 0.833. The third-order valence-electron chi connectivity index (χ3n) is 3.16. The molecular formula is C15H14F4N4O2. The van der Waals surface area contributed by atoms with Gasteiger partial charge in [0.05, 0.1) is 6.54 Å². The van der Waals surface area contributed by atoms with Crippen molar-refractivity contribution < 1.29 is 27.2 Å². The van der Waals surface area contributed by atoms with Gasteiger partial charge in [0.15, 0.2) is 5.69 Å². The van der Waals surface area contributed by atoms with Crippen molar-refractivity contribution in [2.45, 2.75) is 12.7 Å². The zero-order valence-corrected chi connectivity index (χ0v) is 13.0. The number of hydrogen-bond acceptors (Lipinski definition) is 3. The van der Waals surface area contributed by atoms with E-state index in [0.29, 0.717) is 5.69 Å². The molecule has 0 radical (unpaired) electrons. The van der Waals surface area contributed by atoms with Gasteiger partial charge in [-0.25, -0.2) is 4.39 Å². The van der Waals surface area contributed by atoms with Crippen LogP contribution < -0.4 is 5.32 Å². The maximum atomic E-state index is 12.8.